The molecular weight excluding hydrogens is 430 g/mol. The van der Waals surface area contributed by atoms with Crippen molar-refractivity contribution in [1.29, 1.82) is 0 Å². The molecule has 0 radical (unpaired) electrons. The lowest BCUT2D eigenvalue weighted by atomic mass is 10.1. The van der Waals surface area contributed by atoms with Crippen LogP contribution >= 0.6 is 11.9 Å². The highest BCUT2D eigenvalue weighted by Crippen LogP contribution is 2.28. The molecule has 0 aromatic heterocycles. The molecule has 0 spiro atoms. The van der Waals surface area contributed by atoms with E-state index in [0.717, 1.165) is 56.0 Å². The maximum atomic E-state index is 12.9. The van der Waals surface area contributed by atoms with Crippen LogP contribution in [0.5, 0.6) is 0 Å². The Bertz CT molecular complexity index is 846. The highest BCUT2D eigenvalue weighted by molar-refractivity contribution is 7.98. The Balaban J connectivity index is 1.49. The van der Waals surface area contributed by atoms with E-state index in [-0.39, 0.29) is 24.0 Å². The van der Waals surface area contributed by atoms with Crippen LogP contribution in [0.4, 0.5) is 5.69 Å². The summed E-state index contributed by atoms with van der Waals surface area (Å²) in [6, 6.07) is 4.07. The second-order valence-corrected chi connectivity index (χ2v) is 9.09. The van der Waals surface area contributed by atoms with Gasteiger partial charge in [-0.05, 0) is 37.5 Å². The van der Waals surface area contributed by atoms with Crippen LogP contribution in [0.1, 0.15) is 52.8 Å². The minimum atomic E-state index is -0.999. The van der Waals surface area contributed by atoms with Gasteiger partial charge in [-0.15, -0.1) is 0 Å². The minimum Gasteiger partial charge on any atom is -0.385 e. The van der Waals surface area contributed by atoms with Crippen LogP contribution in [0.25, 0.3) is 0 Å². The zero-order valence-electron chi connectivity index (χ0n) is 18.3. The van der Waals surface area contributed by atoms with Gasteiger partial charge in [0, 0.05) is 50.6 Å². The van der Waals surface area contributed by atoms with E-state index in [1.54, 1.807) is 18.2 Å². The van der Waals surface area contributed by atoms with E-state index in [1.807, 2.05) is 11.9 Å². The van der Waals surface area contributed by atoms with Crippen LogP contribution in [0.2, 0.25) is 0 Å². The van der Waals surface area contributed by atoms with Crippen LogP contribution in [-0.2, 0) is 9.59 Å². The fourth-order valence-electron chi connectivity index (χ4n) is 3.68. The number of imide groups is 1. The lowest BCUT2D eigenvalue weighted by molar-refractivity contribution is -0.124. The summed E-state index contributed by atoms with van der Waals surface area (Å²) < 4.78 is 3.41. The van der Waals surface area contributed by atoms with Crippen molar-refractivity contribution in [2.45, 2.75) is 43.4 Å². The van der Waals surface area contributed by atoms with Gasteiger partial charge in [-0.3, -0.25) is 24.0 Å². The largest absolute Gasteiger partial charge is 0.385 e. The van der Waals surface area contributed by atoms with E-state index in [4.69, 9.17) is 0 Å². The van der Waals surface area contributed by atoms with Crippen LogP contribution in [-0.4, -0.2) is 73.4 Å². The number of carbonyl (C=O) groups excluding carboxylic acids is 4. The van der Waals surface area contributed by atoms with Crippen molar-refractivity contribution >= 4 is 41.6 Å². The number of aldehydes is 1. The van der Waals surface area contributed by atoms with E-state index in [9.17, 15) is 19.2 Å². The molecule has 3 rings (SSSR count). The predicted molar refractivity (Wildman–Crippen MR) is 125 cm³/mol. The first-order valence-electron chi connectivity index (χ1n) is 11.1. The molecule has 2 heterocycles. The van der Waals surface area contributed by atoms with Crippen molar-refractivity contribution in [3.05, 3.63) is 29.3 Å². The number of nitrogens with one attached hydrogen (secondary N) is 4. The number of anilines is 1. The fourth-order valence-corrected chi connectivity index (χ4v) is 4.58. The van der Waals surface area contributed by atoms with Gasteiger partial charge in [0.2, 0.25) is 5.91 Å². The Morgan fingerprint density at radius 1 is 1.19 bits per heavy atom. The number of hydrogen-bond acceptors (Lipinski definition) is 8. The van der Waals surface area contributed by atoms with Crippen molar-refractivity contribution < 1.29 is 19.2 Å². The van der Waals surface area contributed by atoms with E-state index in [0.29, 0.717) is 11.5 Å². The maximum Gasteiger partial charge on any atom is 0.262 e. The Labute approximate surface area is 192 Å². The first-order chi connectivity index (χ1) is 15.6. The van der Waals surface area contributed by atoms with E-state index < -0.39 is 23.8 Å². The molecule has 1 saturated heterocycles. The highest BCUT2D eigenvalue weighted by Gasteiger charge is 2.42. The first kappa shape index (κ1) is 24.2. The smallest absolute Gasteiger partial charge is 0.262 e. The molecule has 1 atom stereocenters. The van der Waals surface area contributed by atoms with Crippen molar-refractivity contribution in [2.75, 3.05) is 38.5 Å². The maximum absolute atomic E-state index is 12.9. The molecule has 174 valence electrons. The molecule has 1 fully saturated rings. The monoisotopic (exact) mass is 461 g/mol. The third kappa shape index (κ3) is 5.87. The van der Waals surface area contributed by atoms with Gasteiger partial charge in [-0.2, -0.15) is 0 Å². The number of benzene rings is 1. The molecule has 0 aliphatic carbocycles. The van der Waals surface area contributed by atoms with Crippen molar-refractivity contribution in [3.63, 3.8) is 0 Å². The number of likely N-dealkylation sites (N-methyl/N-ethyl adjacent to an activating group) is 1. The van der Waals surface area contributed by atoms with Gasteiger partial charge in [-0.25, -0.2) is 0 Å². The van der Waals surface area contributed by atoms with Gasteiger partial charge in [0.15, 0.2) is 0 Å². The second kappa shape index (κ2) is 12.0. The summed E-state index contributed by atoms with van der Waals surface area (Å²) in [4.78, 5) is 49.7. The summed E-state index contributed by atoms with van der Waals surface area (Å²) in [5.74, 6) is -1.46. The Morgan fingerprint density at radius 2 is 1.94 bits per heavy atom. The molecule has 1 aromatic rings. The molecule has 9 nitrogen and oxygen atoms in total. The SMILES string of the molecule is CNC(=O)C(CCC=O)N1C(=O)c2ccc(NCCCCCNSC3CNC3)cc2C1=O. The highest BCUT2D eigenvalue weighted by atomic mass is 32.2. The van der Waals surface area contributed by atoms with Crippen molar-refractivity contribution in [3.8, 4) is 0 Å². The van der Waals surface area contributed by atoms with E-state index in [2.05, 4.69) is 20.7 Å². The molecule has 2 aliphatic heterocycles. The first-order valence-corrected chi connectivity index (χ1v) is 11.9. The van der Waals surface area contributed by atoms with Crippen LogP contribution in [0.15, 0.2) is 18.2 Å². The molecule has 4 N–H and O–H groups in total. The average molecular weight is 462 g/mol. The lowest BCUT2D eigenvalue weighted by Gasteiger charge is -2.26. The van der Waals surface area contributed by atoms with Gasteiger partial charge < -0.3 is 20.7 Å². The number of hydrogen-bond donors (Lipinski definition) is 4. The Morgan fingerprint density at radius 3 is 2.62 bits per heavy atom. The van der Waals surface area contributed by atoms with E-state index in [1.165, 1.54) is 7.05 Å². The summed E-state index contributed by atoms with van der Waals surface area (Å²) in [5.41, 5.74) is 1.33. The summed E-state index contributed by atoms with van der Waals surface area (Å²) >= 11 is 1.81. The molecular formula is C22H31N5O4S. The van der Waals surface area contributed by atoms with E-state index >= 15 is 0 Å². The number of rotatable bonds is 14. The van der Waals surface area contributed by atoms with Crippen LogP contribution < -0.4 is 20.7 Å². The quantitative estimate of drug-likeness (QED) is 0.141. The number of amides is 3. The number of carbonyl (C=O) groups is 4. The lowest BCUT2D eigenvalue weighted by Crippen LogP contribution is -2.48. The van der Waals surface area contributed by atoms with Crippen LogP contribution in [0.3, 0.4) is 0 Å². The molecule has 2 aliphatic rings. The zero-order valence-corrected chi connectivity index (χ0v) is 19.1. The third-order valence-corrected chi connectivity index (χ3v) is 6.65. The van der Waals surface area contributed by atoms with Gasteiger partial charge in [0.05, 0.1) is 11.1 Å². The minimum absolute atomic E-state index is 0.0876. The van der Waals surface area contributed by atoms with Gasteiger partial charge in [0.25, 0.3) is 11.8 Å². The Kier molecular flexibility index (Phi) is 9.07. The Hall–Kier alpha value is -2.43. The van der Waals surface area contributed by atoms with Crippen molar-refractivity contribution in [1.82, 2.24) is 20.3 Å². The summed E-state index contributed by atoms with van der Waals surface area (Å²) in [6.07, 6.45) is 4.05. The summed E-state index contributed by atoms with van der Waals surface area (Å²) in [7, 11) is 1.44. The number of fused-ring (bicyclic) bond motifs is 1. The molecule has 3 amide bonds. The number of unbranched alkanes of at least 4 members (excludes halogenated alkanes) is 2. The zero-order chi connectivity index (χ0) is 22.9. The van der Waals surface area contributed by atoms with Gasteiger partial charge in [-0.1, -0.05) is 18.4 Å². The third-order valence-electron chi connectivity index (χ3n) is 5.62. The predicted octanol–water partition coefficient (Wildman–Crippen LogP) is 1.17. The molecule has 0 bridgehead atoms. The molecule has 10 heteroatoms. The topological polar surface area (TPSA) is 120 Å². The second-order valence-electron chi connectivity index (χ2n) is 7.89. The molecule has 32 heavy (non-hydrogen) atoms. The average Bonchev–Trinajstić information content (AvgIpc) is 3.01. The van der Waals surface area contributed by atoms with Gasteiger partial charge >= 0.3 is 0 Å². The molecule has 0 saturated carbocycles. The fraction of sp³-hybridized carbons (Fsp3) is 0.545. The van der Waals surface area contributed by atoms with Crippen molar-refractivity contribution in [2.24, 2.45) is 0 Å². The normalized spacial score (nSPS) is 16.5. The number of nitrogens with zero attached hydrogens (tertiary/aromatic N) is 1. The summed E-state index contributed by atoms with van der Waals surface area (Å²) in [6.45, 7) is 3.92. The standard InChI is InChI=1S/C22H31N5O4S/c1-23-20(29)19(6-5-11-28)27-21(30)17-8-7-15(12-18(17)22(27)31)25-9-3-2-4-10-26-32-16-13-24-14-16/h7-8,11-12,16,19,24-26H,2-6,9-10,13-14H2,1H3,(H,23,29). The molecule has 1 unspecified atom stereocenters. The van der Waals surface area contributed by atoms with Gasteiger partial charge in [0.1, 0.15) is 12.3 Å². The van der Waals surface area contributed by atoms with Crippen LogP contribution in [0, 0.1) is 0 Å². The summed E-state index contributed by atoms with van der Waals surface area (Å²) in [5, 5.41) is 9.72. The molecule has 1 aromatic carbocycles.